The molecule has 1 nitrogen and oxygen atoms in total. The summed E-state index contributed by atoms with van der Waals surface area (Å²) in [6, 6.07) is 13.7. The zero-order valence-electron chi connectivity index (χ0n) is 8.88. The quantitative estimate of drug-likeness (QED) is 0.724. The zero-order chi connectivity index (χ0) is 12.3. The van der Waals surface area contributed by atoms with Crippen LogP contribution in [0, 0.1) is 3.57 Å². The van der Waals surface area contributed by atoms with Crippen molar-refractivity contribution in [1.82, 2.24) is 0 Å². The Hall–Kier alpha value is -0.450. The van der Waals surface area contributed by atoms with Crippen LogP contribution in [0.15, 0.2) is 42.5 Å². The third-order valence-corrected chi connectivity index (χ3v) is 3.66. The molecule has 0 spiro atoms. The molecule has 0 aromatic heterocycles. The first-order valence-electron chi connectivity index (χ1n) is 5.08. The van der Waals surface area contributed by atoms with Gasteiger partial charge in [-0.3, -0.25) is 0 Å². The summed E-state index contributed by atoms with van der Waals surface area (Å²) in [5, 5.41) is 4.69. The van der Waals surface area contributed by atoms with E-state index in [2.05, 4.69) is 34.0 Å². The second-order valence-corrected chi connectivity index (χ2v) is 5.65. The van der Waals surface area contributed by atoms with E-state index in [0.29, 0.717) is 16.6 Å². The van der Waals surface area contributed by atoms with E-state index >= 15 is 0 Å². The van der Waals surface area contributed by atoms with Crippen LogP contribution in [0.4, 0.5) is 5.69 Å². The molecule has 88 valence electrons. The highest BCUT2D eigenvalue weighted by atomic mass is 127. The maximum atomic E-state index is 5.95. The fourth-order valence-corrected chi connectivity index (χ4v) is 2.66. The predicted octanol–water partition coefficient (Wildman–Crippen LogP) is 5.21. The van der Waals surface area contributed by atoms with Gasteiger partial charge in [0.1, 0.15) is 0 Å². The van der Waals surface area contributed by atoms with Crippen molar-refractivity contribution < 1.29 is 0 Å². The molecule has 2 aromatic carbocycles. The van der Waals surface area contributed by atoms with E-state index in [1.807, 2.05) is 30.3 Å². The highest BCUT2D eigenvalue weighted by Gasteiger charge is 2.00. The maximum absolute atomic E-state index is 5.95. The summed E-state index contributed by atoms with van der Waals surface area (Å²) < 4.78 is 1.19. The van der Waals surface area contributed by atoms with Crippen molar-refractivity contribution in [2.75, 3.05) is 5.32 Å². The Morgan fingerprint density at radius 1 is 1.00 bits per heavy atom. The molecule has 17 heavy (non-hydrogen) atoms. The van der Waals surface area contributed by atoms with Gasteiger partial charge in [-0.15, -0.1) is 0 Å². The monoisotopic (exact) mass is 377 g/mol. The summed E-state index contributed by atoms with van der Waals surface area (Å²) in [7, 11) is 0. The van der Waals surface area contributed by atoms with Gasteiger partial charge in [0.2, 0.25) is 0 Å². The Kier molecular flexibility index (Phi) is 4.54. The number of para-hydroxylation sites is 1. The molecule has 0 aliphatic rings. The van der Waals surface area contributed by atoms with E-state index in [0.717, 1.165) is 11.3 Å². The molecule has 0 saturated carbocycles. The molecule has 0 amide bonds. The summed E-state index contributed by atoms with van der Waals surface area (Å²) >= 11 is 14.2. The summed E-state index contributed by atoms with van der Waals surface area (Å²) in [6.45, 7) is 0.709. The SMILES string of the molecule is Clc1cc(Cl)cc(CNc2ccccc2I)c1. The van der Waals surface area contributed by atoms with E-state index < -0.39 is 0 Å². The Labute approximate surface area is 124 Å². The molecule has 0 fully saturated rings. The number of anilines is 1. The molecular weight excluding hydrogens is 368 g/mol. The third-order valence-electron chi connectivity index (χ3n) is 2.28. The normalized spacial score (nSPS) is 10.3. The van der Waals surface area contributed by atoms with Crippen LogP contribution < -0.4 is 5.32 Å². The first-order chi connectivity index (χ1) is 8.15. The van der Waals surface area contributed by atoms with Crippen LogP contribution >= 0.6 is 45.8 Å². The van der Waals surface area contributed by atoms with Crippen molar-refractivity contribution in [3.8, 4) is 0 Å². The molecule has 4 heteroatoms. The largest absolute Gasteiger partial charge is 0.380 e. The minimum atomic E-state index is 0.664. The van der Waals surface area contributed by atoms with Crippen LogP contribution in [0.3, 0.4) is 0 Å². The lowest BCUT2D eigenvalue weighted by atomic mass is 10.2. The van der Waals surface area contributed by atoms with Crippen molar-refractivity contribution in [1.29, 1.82) is 0 Å². The molecular formula is C13H10Cl2IN. The van der Waals surface area contributed by atoms with Gasteiger partial charge in [0.15, 0.2) is 0 Å². The molecule has 2 rings (SSSR count). The standard InChI is InChI=1S/C13H10Cl2IN/c14-10-5-9(6-11(15)7-10)8-17-13-4-2-1-3-12(13)16/h1-7,17H,8H2. The molecule has 0 atom stereocenters. The van der Waals surface area contributed by atoms with Gasteiger partial charge in [-0.2, -0.15) is 0 Å². The molecule has 0 heterocycles. The number of hydrogen-bond donors (Lipinski definition) is 1. The molecule has 0 aliphatic carbocycles. The van der Waals surface area contributed by atoms with Gasteiger partial charge in [0.25, 0.3) is 0 Å². The lowest BCUT2D eigenvalue weighted by Gasteiger charge is -2.09. The average Bonchev–Trinajstić information content (AvgIpc) is 2.27. The van der Waals surface area contributed by atoms with E-state index in [9.17, 15) is 0 Å². The molecule has 0 aliphatic heterocycles. The van der Waals surface area contributed by atoms with Crippen molar-refractivity contribution in [2.24, 2.45) is 0 Å². The fourth-order valence-electron chi connectivity index (χ4n) is 1.51. The van der Waals surface area contributed by atoms with Gasteiger partial charge < -0.3 is 5.32 Å². The van der Waals surface area contributed by atoms with Gasteiger partial charge in [-0.1, -0.05) is 35.3 Å². The van der Waals surface area contributed by atoms with E-state index in [4.69, 9.17) is 23.2 Å². The Morgan fingerprint density at radius 2 is 1.65 bits per heavy atom. The van der Waals surface area contributed by atoms with Gasteiger partial charge in [0, 0.05) is 25.8 Å². The fraction of sp³-hybridized carbons (Fsp3) is 0.0769. The van der Waals surface area contributed by atoms with Crippen molar-refractivity contribution in [2.45, 2.75) is 6.54 Å². The van der Waals surface area contributed by atoms with E-state index in [1.165, 1.54) is 3.57 Å². The van der Waals surface area contributed by atoms with E-state index in [1.54, 1.807) is 6.07 Å². The van der Waals surface area contributed by atoms with Crippen LogP contribution in [-0.2, 0) is 6.54 Å². The molecule has 1 N–H and O–H groups in total. The highest BCUT2D eigenvalue weighted by Crippen LogP contribution is 2.21. The maximum Gasteiger partial charge on any atom is 0.0478 e. The summed E-state index contributed by atoms with van der Waals surface area (Å²) in [6.07, 6.45) is 0. The zero-order valence-corrected chi connectivity index (χ0v) is 12.6. The number of nitrogens with one attached hydrogen (secondary N) is 1. The lowest BCUT2D eigenvalue weighted by molar-refractivity contribution is 1.15. The van der Waals surface area contributed by atoms with Crippen molar-refractivity contribution in [3.63, 3.8) is 0 Å². The van der Waals surface area contributed by atoms with Crippen LogP contribution in [0.1, 0.15) is 5.56 Å². The second-order valence-electron chi connectivity index (χ2n) is 3.61. The van der Waals surface area contributed by atoms with Crippen molar-refractivity contribution in [3.05, 3.63) is 61.6 Å². The number of hydrogen-bond acceptors (Lipinski definition) is 1. The van der Waals surface area contributed by atoms with Gasteiger partial charge in [0.05, 0.1) is 0 Å². The lowest BCUT2D eigenvalue weighted by Crippen LogP contribution is -2.00. The van der Waals surface area contributed by atoms with Crippen LogP contribution in [0.25, 0.3) is 0 Å². The smallest absolute Gasteiger partial charge is 0.0478 e. The topological polar surface area (TPSA) is 12.0 Å². The number of rotatable bonds is 3. The van der Waals surface area contributed by atoms with E-state index in [-0.39, 0.29) is 0 Å². The highest BCUT2D eigenvalue weighted by molar-refractivity contribution is 14.1. The number of benzene rings is 2. The molecule has 0 radical (unpaired) electrons. The first kappa shape index (κ1) is 13.0. The molecule has 0 bridgehead atoms. The Bertz CT molecular complexity index is 508. The van der Waals surface area contributed by atoms with Gasteiger partial charge in [-0.05, 0) is 58.5 Å². The minimum Gasteiger partial charge on any atom is -0.380 e. The average molecular weight is 378 g/mol. The van der Waals surface area contributed by atoms with Gasteiger partial charge in [-0.25, -0.2) is 0 Å². The minimum absolute atomic E-state index is 0.664. The third kappa shape index (κ3) is 3.76. The van der Waals surface area contributed by atoms with Crippen LogP contribution in [0.2, 0.25) is 10.0 Å². The van der Waals surface area contributed by atoms with Crippen LogP contribution in [-0.4, -0.2) is 0 Å². The summed E-state index contributed by atoms with van der Waals surface area (Å²) in [5.41, 5.74) is 2.19. The molecule has 2 aromatic rings. The second kappa shape index (κ2) is 5.94. The number of halogens is 3. The molecule has 0 unspecified atom stereocenters. The summed E-state index contributed by atoms with van der Waals surface area (Å²) in [5.74, 6) is 0. The van der Waals surface area contributed by atoms with Crippen LogP contribution in [0.5, 0.6) is 0 Å². The summed E-state index contributed by atoms with van der Waals surface area (Å²) in [4.78, 5) is 0. The molecule has 0 saturated heterocycles. The predicted molar refractivity (Wildman–Crippen MR) is 82.9 cm³/mol. The Morgan fingerprint density at radius 3 is 2.29 bits per heavy atom. The first-order valence-corrected chi connectivity index (χ1v) is 6.92. The Balaban J connectivity index is 2.10. The van der Waals surface area contributed by atoms with Crippen molar-refractivity contribution >= 4 is 51.5 Å². The van der Waals surface area contributed by atoms with Gasteiger partial charge >= 0.3 is 0 Å².